The van der Waals surface area contributed by atoms with Crippen LogP contribution >= 0.6 is 0 Å². The second-order valence-electron chi connectivity index (χ2n) is 15.7. The van der Waals surface area contributed by atoms with Crippen LogP contribution in [-0.2, 0) is 28.7 Å². The van der Waals surface area contributed by atoms with Crippen LogP contribution in [-0.4, -0.2) is 61.3 Å². The van der Waals surface area contributed by atoms with Crippen LogP contribution in [0.15, 0.2) is 0 Å². The molecule has 0 saturated heterocycles. The van der Waals surface area contributed by atoms with E-state index in [4.69, 9.17) is 9.47 Å². The van der Waals surface area contributed by atoms with Crippen molar-refractivity contribution in [2.24, 2.45) is 0 Å². The molecule has 0 aliphatic rings. The first kappa shape index (κ1) is 51.8. The summed E-state index contributed by atoms with van der Waals surface area (Å²) in [6.45, 7) is 4.17. The Kier molecular flexibility index (Phi) is 37.5. The van der Waals surface area contributed by atoms with Gasteiger partial charge in [0.2, 0.25) is 5.91 Å². The minimum absolute atomic E-state index is 0.139. The topological polar surface area (TPSA) is 146 Å². The standard InChI is InChI=1S/C44H84N2O8/c1-4-6-8-10-12-14-16-18-20-22-24-26-28-30-32-34-42(48)53-38-39(37-45-41(47)36-40(44(50)51)46(3)52)54-43(49)35-33-31-29-27-25-23-21-19-17-15-13-11-9-7-5-2/h39-40,46H,4-38H2,1-3H3,(H,45,47)(H,50,51). The first-order chi connectivity index (χ1) is 26.2. The molecule has 0 aromatic carbocycles. The van der Waals surface area contributed by atoms with Crippen LogP contribution in [0.25, 0.3) is 0 Å². The Hall–Kier alpha value is -2.20. The van der Waals surface area contributed by atoms with Crippen molar-refractivity contribution in [2.45, 2.75) is 238 Å². The Morgan fingerprint density at radius 3 is 1.22 bits per heavy atom. The fourth-order valence-electron chi connectivity index (χ4n) is 6.81. The smallest absolute Gasteiger partial charge is 0.363 e. The molecule has 10 heteroatoms. The third-order valence-corrected chi connectivity index (χ3v) is 10.4. The molecule has 3 N–H and O–H groups in total. The maximum Gasteiger partial charge on any atom is 0.363 e. The highest BCUT2D eigenvalue weighted by Crippen LogP contribution is 2.16. The van der Waals surface area contributed by atoms with Crippen molar-refractivity contribution >= 4 is 23.8 Å². The summed E-state index contributed by atoms with van der Waals surface area (Å²) in [5.74, 6) is -2.81. The van der Waals surface area contributed by atoms with Gasteiger partial charge in [0.25, 0.3) is 0 Å². The molecular weight excluding hydrogens is 684 g/mol. The molecule has 0 saturated carbocycles. The first-order valence-electron chi connectivity index (χ1n) is 22.6. The molecule has 1 amide bonds. The van der Waals surface area contributed by atoms with Crippen LogP contribution in [0.4, 0.5) is 0 Å². The zero-order valence-electron chi connectivity index (χ0n) is 35.2. The number of hydrogen-bond acceptors (Lipinski definition) is 7. The fourth-order valence-corrected chi connectivity index (χ4v) is 6.81. The third-order valence-electron chi connectivity index (χ3n) is 10.4. The number of carbonyl (C=O) groups excluding carboxylic acids is 3. The van der Waals surface area contributed by atoms with Crippen molar-refractivity contribution in [3.8, 4) is 0 Å². The molecule has 3 atom stereocenters. The van der Waals surface area contributed by atoms with E-state index in [9.17, 15) is 29.5 Å². The number of amides is 1. The minimum Gasteiger partial charge on any atom is -0.634 e. The molecular formula is C44H84N2O8. The van der Waals surface area contributed by atoms with E-state index in [-0.39, 0.29) is 32.0 Å². The number of rotatable bonds is 41. The van der Waals surface area contributed by atoms with Gasteiger partial charge >= 0.3 is 17.9 Å². The van der Waals surface area contributed by atoms with Crippen molar-refractivity contribution in [1.82, 2.24) is 5.32 Å². The highest BCUT2D eigenvalue weighted by Gasteiger charge is 2.26. The van der Waals surface area contributed by atoms with Gasteiger partial charge in [-0.2, -0.15) is 0 Å². The number of quaternary nitrogens is 1. The largest absolute Gasteiger partial charge is 0.634 e. The Morgan fingerprint density at radius 2 is 0.889 bits per heavy atom. The molecule has 0 aromatic heterocycles. The van der Waals surface area contributed by atoms with Gasteiger partial charge in [-0.05, 0) is 12.8 Å². The van der Waals surface area contributed by atoms with Crippen LogP contribution in [0.1, 0.15) is 226 Å². The van der Waals surface area contributed by atoms with Gasteiger partial charge in [-0.15, -0.1) is 0 Å². The number of hydrogen-bond donors (Lipinski definition) is 3. The number of carbonyl (C=O) groups is 4. The quantitative estimate of drug-likeness (QED) is 0.0317. The highest BCUT2D eigenvalue weighted by molar-refractivity contribution is 5.83. The number of likely N-dealkylation sites (N-methyl/N-ethyl adjacent to an activating group) is 1. The van der Waals surface area contributed by atoms with E-state index in [1.807, 2.05) is 0 Å². The number of carboxylic acid groups (broad SMARTS) is 1. The molecule has 0 rings (SSSR count). The maximum absolute atomic E-state index is 12.7. The number of nitrogens with one attached hydrogen (secondary N) is 2. The minimum atomic E-state index is -1.44. The predicted octanol–water partition coefficient (Wildman–Crippen LogP) is 9.94. The lowest BCUT2D eigenvalue weighted by Crippen LogP contribution is -3.09. The zero-order chi connectivity index (χ0) is 39.9. The number of ether oxygens (including phenoxy) is 2. The number of hydroxylamine groups is 2. The summed E-state index contributed by atoms with van der Waals surface area (Å²) in [5.41, 5.74) is 0. The second kappa shape index (κ2) is 39.1. The molecule has 0 aromatic rings. The second-order valence-corrected chi connectivity index (χ2v) is 15.7. The average molecular weight is 769 g/mol. The summed E-state index contributed by atoms with van der Waals surface area (Å²) in [7, 11) is 1.13. The van der Waals surface area contributed by atoms with Crippen LogP contribution in [0, 0.1) is 5.21 Å². The molecule has 0 aliphatic carbocycles. The lowest BCUT2D eigenvalue weighted by Gasteiger charge is -2.24. The van der Waals surface area contributed by atoms with Crippen LogP contribution < -0.4 is 10.4 Å². The highest BCUT2D eigenvalue weighted by atomic mass is 16.6. The molecule has 0 aliphatic heterocycles. The van der Waals surface area contributed by atoms with Crippen LogP contribution in [0.5, 0.6) is 0 Å². The van der Waals surface area contributed by atoms with Crippen molar-refractivity contribution in [1.29, 1.82) is 0 Å². The normalized spacial score (nSPS) is 13.0. The van der Waals surface area contributed by atoms with E-state index in [0.29, 0.717) is 6.42 Å². The molecule has 318 valence electrons. The fraction of sp³-hybridized carbons (Fsp3) is 0.909. The van der Waals surface area contributed by atoms with E-state index in [1.165, 1.54) is 148 Å². The summed E-state index contributed by atoms with van der Waals surface area (Å²) in [6.07, 6.45) is 36.2. The van der Waals surface area contributed by atoms with E-state index in [2.05, 4.69) is 19.2 Å². The summed E-state index contributed by atoms with van der Waals surface area (Å²) in [6, 6.07) is -1.44. The zero-order valence-corrected chi connectivity index (χ0v) is 35.2. The van der Waals surface area contributed by atoms with E-state index in [0.717, 1.165) is 45.6 Å². The summed E-state index contributed by atoms with van der Waals surface area (Å²) >= 11 is 0. The number of esters is 2. The van der Waals surface area contributed by atoms with Crippen molar-refractivity contribution < 1.29 is 38.8 Å². The molecule has 0 fully saturated rings. The van der Waals surface area contributed by atoms with Crippen molar-refractivity contribution in [3.63, 3.8) is 0 Å². The molecule has 0 bridgehead atoms. The Morgan fingerprint density at radius 1 is 0.556 bits per heavy atom. The molecule has 3 unspecified atom stereocenters. The molecule has 54 heavy (non-hydrogen) atoms. The van der Waals surface area contributed by atoms with Gasteiger partial charge in [0.05, 0.1) is 20.0 Å². The van der Waals surface area contributed by atoms with Gasteiger partial charge in [0, 0.05) is 12.8 Å². The third kappa shape index (κ3) is 35.5. The lowest BCUT2D eigenvalue weighted by atomic mass is 10.0. The summed E-state index contributed by atoms with van der Waals surface area (Å²) in [5, 5.41) is 22.8. The Labute approximate surface area is 330 Å². The molecule has 0 spiro atoms. The molecule has 0 radical (unpaired) electrons. The maximum atomic E-state index is 12.7. The SMILES string of the molecule is CCCCCCCCCCCCCCCCCC(=O)OCC(CNC(=O)CC(C(=O)O)[NH+](C)[O-])OC(=O)CCCCCCCCCCCCCCCCC. The Bertz CT molecular complexity index is 900. The van der Waals surface area contributed by atoms with Crippen LogP contribution in [0.3, 0.4) is 0 Å². The van der Waals surface area contributed by atoms with Gasteiger partial charge in [0.1, 0.15) is 6.61 Å². The molecule has 10 nitrogen and oxygen atoms in total. The first-order valence-corrected chi connectivity index (χ1v) is 22.6. The number of unbranched alkanes of at least 4 members (excludes halogenated alkanes) is 28. The Balaban J connectivity index is 4.31. The van der Waals surface area contributed by atoms with E-state index in [1.54, 1.807) is 0 Å². The van der Waals surface area contributed by atoms with Crippen molar-refractivity contribution in [3.05, 3.63) is 5.21 Å². The molecule has 0 heterocycles. The van der Waals surface area contributed by atoms with Crippen LogP contribution in [0.2, 0.25) is 0 Å². The summed E-state index contributed by atoms with van der Waals surface area (Å²) in [4.78, 5) is 48.9. The summed E-state index contributed by atoms with van der Waals surface area (Å²) < 4.78 is 11.0. The van der Waals surface area contributed by atoms with Gasteiger partial charge in [0.15, 0.2) is 12.1 Å². The lowest BCUT2D eigenvalue weighted by molar-refractivity contribution is -0.844. The number of aliphatic carboxylic acids is 1. The predicted molar refractivity (Wildman–Crippen MR) is 219 cm³/mol. The van der Waals surface area contributed by atoms with Gasteiger partial charge in [-0.3, -0.25) is 14.4 Å². The monoisotopic (exact) mass is 769 g/mol. The number of carboxylic acids is 1. The van der Waals surface area contributed by atoms with Gasteiger partial charge in [-0.1, -0.05) is 194 Å². The van der Waals surface area contributed by atoms with Crippen molar-refractivity contribution in [2.75, 3.05) is 20.2 Å². The van der Waals surface area contributed by atoms with E-state index < -0.39 is 41.5 Å². The van der Waals surface area contributed by atoms with Gasteiger partial charge in [-0.25, -0.2) is 4.79 Å². The van der Waals surface area contributed by atoms with Gasteiger partial charge < -0.3 is 30.2 Å². The average Bonchev–Trinajstić information content (AvgIpc) is 3.14. The van der Waals surface area contributed by atoms with E-state index >= 15 is 0 Å².